The Morgan fingerprint density at radius 2 is 2.00 bits per heavy atom. The van der Waals surface area contributed by atoms with Gasteiger partial charge in [0, 0.05) is 0 Å². The topological polar surface area (TPSA) is 20.2 Å². The number of hydrogen-bond acceptors (Lipinski definition) is 1. The van der Waals surface area contributed by atoms with Crippen LogP contribution >= 0.6 is 0 Å². The van der Waals surface area contributed by atoms with E-state index in [1.165, 1.54) is 12.0 Å². The van der Waals surface area contributed by atoms with Gasteiger partial charge < -0.3 is 5.11 Å². The average molecular weight is 218 g/mol. The summed E-state index contributed by atoms with van der Waals surface area (Å²) in [6.07, 6.45) is 5.30. The van der Waals surface area contributed by atoms with Crippen LogP contribution in [0.1, 0.15) is 50.7 Å². The highest BCUT2D eigenvalue weighted by molar-refractivity contribution is 5.27. The van der Waals surface area contributed by atoms with E-state index < -0.39 is 5.60 Å². The van der Waals surface area contributed by atoms with Gasteiger partial charge in [-0.05, 0) is 42.7 Å². The predicted molar refractivity (Wildman–Crippen MR) is 67.3 cm³/mol. The minimum atomic E-state index is -0.566. The lowest BCUT2D eigenvalue weighted by atomic mass is 9.75. The van der Waals surface area contributed by atoms with Crippen molar-refractivity contribution in [2.24, 2.45) is 5.92 Å². The molecule has 0 amide bonds. The molecule has 0 heterocycles. The van der Waals surface area contributed by atoms with Crippen molar-refractivity contribution in [3.8, 4) is 0 Å². The molecule has 0 radical (unpaired) electrons. The molecule has 1 aliphatic rings. The Hall–Kier alpha value is -0.820. The normalized spacial score (nSPS) is 30.3. The maximum absolute atomic E-state index is 10.7. The smallest absolute Gasteiger partial charge is 0.0899 e. The molecule has 0 spiro atoms. The molecule has 88 valence electrons. The first-order valence-electron chi connectivity index (χ1n) is 6.46. The zero-order chi connectivity index (χ0) is 11.6. The Morgan fingerprint density at radius 1 is 1.31 bits per heavy atom. The Kier molecular flexibility index (Phi) is 3.34. The predicted octanol–water partition coefficient (Wildman–Crippen LogP) is 3.65. The molecule has 1 N–H and O–H groups in total. The molecule has 1 heteroatoms. The minimum Gasteiger partial charge on any atom is -0.385 e. The maximum Gasteiger partial charge on any atom is 0.0899 e. The van der Waals surface area contributed by atoms with Gasteiger partial charge in [-0.3, -0.25) is 0 Å². The summed E-state index contributed by atoms with van der Waals surface area (Å²) in [6, 6.07) is 8.51. The Bertz CT molecular complexity index is 341. The summed E-state index contributed by atoms with van der Waals surface area (Å²) in [5.41, 5.74) is 1.89. The fraction of sp³-hybridized carbons (Fsp3) is 0.600. The summed E-state index contributed by atoms with van der Waals surface area (Å²) in [5, 5.41) is 10.7. The highest BCUT2D eigenvalue weighted by Crippen LogP contribution is 2.39. The van der Waals surface area contributed by atoms with Gasteiger partial charge in [-0.1, -0.05) is 44.5 Å². The van der Waals surface area contributed by atoms with Crippen LogP contribution < -0.4 is 0 Å². The number of aliphatic hydroxyl groups is 1. The second kappa shape index (κ2) is 4.58. The van der Waals surface area contributed by atoms with E-state index >= 15 is 0 Å². The van der Waals surface area contributed by atoms with Gasteiger partial charge in [0.15, 0.2) is 0 Å². The van der Waals surface area contributed by atoms with Gasteiger partial charge in [-0.25, -0.2) is 0 Å². The summed E-state index contributed by atoms with van der Waals surface area (Å²) in [6.45, 7) is 4.40. The summed E-state index contributed by atoms with van der Waals surface area (Å²) >= 11 is 0. The molecular weight excluding hydrogens is 196 g/mol. The summed E-state index contributed by atoms with van der Waals surface area (Å²) in [4.78, 5) is 0. The van der Waals surface area contributed by atoms with Gasteiger partial charge in [0.05, 0.1) is 5.60 Å². The van der Waals surface area contributed by atoms with Crippen molar-refractivity contribution < 1.29 is 5.11 Å². The van der Waals surface area contributed by atoms with Crippen LogP contribution in [-0.4, -0.2) is 5.11 Å². The van der Waals surface area contributed by atoms with E-state index in [2.05, 4.69) is 38.1 Å². The van der Waals surface area contributed by atoms with Crippen molar-refractivity contribution >= 4 is 0 Å². The van der Waals surface area contributed by atoms with Crippen LogP contribution in [0.3, 0.4) is 0 Å². The highest BCUT2D eigenvalue weighted by atomic mass is 16.3. The van der Waals surface area contributed by atoms with Gasteiger partial charge >= 0.3 is 0 Å². The van der Waals surface area contributed by atoms with Crippen molar-refractivity contribution in [1.82, 2.24) is 0 Å². The van der Waals surface area contributed by atoms with Crippen LogP contribution in [0, 0.1) is 5.92 Å². The molecule has 1 saturated carbocycles. The fourth-order valence-corrected chi connectivity index (χ4v) is 2.84. The first-order chi connectivity index (χ1) is 7.64. The second-order valence-corrected chi connectivity index (χ2v) is 5.28. The van der Waals surface area contributed by atoms with E-state index in [9.17, 15) is 5.11 Å². The largest absolute Gasteiger partial charge is 0.385 e. The van der Waals surface area contributed by atoms with Crippen molar-refractivity contribution in [2.75, 3.05) is 0 Å². The Morgan fingerprint density at radius 3 is 2.56 bits per heavy atom. The highest BCUT2D eigenvalue weighted by Gasteiger charge is 2.33. The number of hydrogen-bond donors (Lipinski definition) is 1. The molecule has 2 unspecified atom stereocenters. The molecule has 16 heavy (non-hydrogen) atoms. The van der Waals surface area contributed by atoms with Crippen LogP contribution in [0.5, 0.6) is 0 Å². The molecule has 0 aromatic heterocycles. The molecular formula is C15H22O. The molecule has 0 aliphatic heterocycles. The van der Waals surface area contributed by atoms with Gasteiger partial charge in [-0.15, -0.1) is 0 Å². The zero-order valence-corrected chi connectivity index (χ0v) is 10.4. The second-order valence-electron chi connectivity index (χ2n) is 5.28. The van der Waals surface area contributed by atoms with E-state index in [0.29, 0.717) is 5.92 Å². The van der Waals surface area contributed by atoms with Crippen molar-refractivity contribution in [3.05, 3.63) is 35.4 Å². The summed E-state index contributed by atoms with van der Waals surface area (Å²) < 4.78 is 0. The summed E-state index contributed by atoms with van der Waals surface area (Å²) in [7, 11) is 0. The molecule has 2 rings (SSSR count). The third-order valence-corrected chi connectivity index (χ3v) is 3.87. The van der Waals surface area contributed by atoms with Gasteiger partial charge in [0.2, 0.25) is 0 Å². The van der Waals surface area contributed by atoms with E-state index in [-0.39, 0.29) is 0 Å². The maximum atomic E-state index is 10.7. The number of aryl methyl sites for hydroxylation is 1. The SMILES string of the molecule is CCc1ccc(C2(O)CCCC(C)C2)cc1. The lowest BCUT2D eigenvalue weighted by Gasteiger charge is -2.36. The average Bonchev–Trinajstić information content (AvgIpc) is 2.29. The first kappa shape index (κ1) is 11.7. The fourth-order valence-electron chi connectivity index (χ4n) is 2.84. The molecule has 1 aromatic rings. The van der Waals surface area contributed by atoms with Crippen molar-refractivity contribution in [1.29, 1.82) is 0 Å². The quantitative estimate of drug-likeness (QED) is 0.803. The minimum absolute atomic E-state index is 0.566. The number of benzene rings is 1. The third-order valence-electron chi connectivity index (χ3n) is 3.87. The monoisotopic (exact) mass is 218 g/mol. The molecule has 2 atom stereocenters. The van der Waals surface area contributed by atoms with Crippen molar-refractivity contribution in [2.45, 2.75) is 51.6 Å². The van der Waals surface area contributed by atoms with E-state index in [1.807, 2.05) is 0 Å². The molecule has 0 bridgehead atoms. The standard InChI is InChI=1S/C15H22O/c1-3-13-6-8-14(9-7-13)15(16)10-4-5-12(2)11-15/h6-9,12,16H,3-5,10-11H2,1-2H3. The molecule has 1 aliphatic carbocycles. The molecule has 0 saturated heterocycles. The first-order valence-corrected chi connectivity index (χ1v) is 6.46. The molecule has 1 aromatic carbocycles. The Labute approximate surface area is 98.5 Å². The third kappa shape index (κ3) is 2.30. The lowest BCUT2D eigenvalue weighted by Crippen LogP contribution is -2.31. The molecule has 1 nitrogen and oxygen atoms in total. The van der Waals surface area contributed by atoms with Gasteiger partial charge in [-0.2, -0.15) is 0 Å². The van der Waals surface area contributed by atoms with Crippen LogP contribution in [0.25, 0.3) is 0 Å². The van der Waals surface area contributed by atoms with E-state index in [0.717, 1.165) is 31.2 Å². The van der Waals surface area contributed by atoms with Crippen LogP contribution in [0.4, 0.5) is 0 Å². The zero-order valence-electron chi connectivity index (χ0n) is 10.4. The van der Waals surface area contributed by atoms with Crippen LogP contribution in [0.2, 0.25) is 0 Å². The van der Waals surface area contributed by atoms with Crippen LogP contribution in [-0.2, 0) is 12.0 Å². The number of rotatable bonds is 2. The molecule has 1 fully saturated rings. The summed E-state index contributed by atoms with van der Waals surface area (Å²) in [5.74, 6) is 0.643. The van der Waals surface area contributed by atoms with E-state index in [4.69, 9.17) is 0 Å². The van der Waals surface area contributed by atoms with Gasteiger partial charge in [0.25, 0.3) is 0 Å². The van der Waals surface area contributed by atoms with Gasteiger partial charge in [0.1, 0.15) is 0 Å². The van der Waals surface area contributed by atoms with E-state index in [1.54, 1.807) is 0 Å². The van der Waals surface area contributed by atoms with Crippen LogP contribution in [0.15, 0.2) is 24.3 Å². The lowest BCUT2D eigenvalue weighted by molar-refractivity contribution is -0.0178. The Balaban J connectivity index is 2.20. The van der Waals surface area contributed by atoms with Crippen molar-refractivity contribution in [3.63, 3.8) is 0 Å².